The minimum Gasteiger partial charge on any atom is -0.479 e. The van der Waals surface area contributed by atoms with E-state index in [0.29, 0.717) is 18.0 Å². The highest BCUT2D eigenvalue weighted by Crippen LogP contribution is 2.35. The fourth-order valence-corrected chi connectivity index (χ4v) is 4.71. The van der Waals surface area contributed by atoms with Crippen molar-refractivity contribution in [2.45, 2.75) is 38.3 Å². The van der Waals surface area contributed by atoms with Crippen LogP contribution in [0.25, 0.3) is 11.0 Å². The quantitative estimate of drug-likeness (QED) is 0.654. The number of para-hydroxylation sites is 4. The molecule has 0 unspecified atom stereocenters. The number of rotatable bonds is 3. The Morgan fingerprint density at radius 3 is 2.74 bits per heavy atom. The van der Waals surface area contributed by atoms with Crippen LogP contribution in [0.1, 0.15) is 38.1 Å². The molecule has 3 aromatic rings. The number of amides is 2. The average Bonchev–Trinajstić information content (AvgIpc) is 3.13. The number of carbonyl (C=O) groups is 2. The molecular weight excluding hydrogens is 392 g/mol. The van der Waals surface area contributed by atoms with Gasteiger partial charge in [0.05, 0.1) is 22.8 Å². The second-order valence-electron chi connectivity index (χ2n) is 8.27. The minimum absolute atomic E-state index is 0.00396. The van der Waals surface area contributed by atoms with Gasteiger partial charge < -0.3 is 14.2 Å². The van der Waals surface area contributed by atoms with Crippen LogP contribution in [0.2, 0.25) is 0 Å². The molecule has 0 N–H and O–H groups in total. The van der Waals surface area contributed by atoms with Gasteiger partial charge in [-0.05, 0) is 50.5 Å². The number of hydrogen-bond donors (Lipinski definition) is 0. The molecule has 1 saturated heterocycles. The number of hydrogen-bond acceptors (Lipinski definition) is 4. The second kappa shape index (κ2) is 7.72. The maximum atomic E-state index is 13.5. The highest BCUT2D eigenvalue weighted by atomic mass is 16.5. The number of piperidine rings is 1. The van der Waals surface area contributed by atoms with E-state index in [0.717, 1.165) is 36.1 Å². The lowest BCUT2D eigenvalue weighted by Crippen LogP contribution is -2.51. The first-order valence-electron chi connectivity index (χ1n) is 10.8. The van der Waals surface area contributed by atoms with E-state index < -0.39 is 6.10 Å². The standard InChI is InChI=1S/C24H26N4O3/c1-16-24(30)28(19-11-5-6-13-21(19)31-16)15-22(29)27-14-8-7-12-20(27)23-25-17-9-3-4-10-18(17)26(23)2/h3-6,9-11,13,16,20H,7-8,12,14-15H2,1-2H3/t16-,20+/m0/s1. The summed E-state index contributed by atoms with van der Waals surface area (Å²) in [6, 6.07) is 15.3. The van der Waals surface area contributed by atoms with Crippen LogP contribution in [0.4, 0.5) is 5.69 Å². The van der Waals surface area contributed by atoms with Crippen LogP contribution in [-0.2, 0) is 16.6 Å². The summed E-state index contributed by atoms with van der Waals surface area (Å²) in [5.41, 5.74) is 2.64. The summed E-state index contributed by atoms with van der Waals surface area (Å²) in [6.07, 6.45) is 2.26. The Morgan fingerprint density at radius 1 is 1.13 bits per heavy atom. The van der Waals surface area contributed by atoms with E-state index in [2.05, 4.69) is 4.57 Å². The molecule has 2 aliphatic heterocycles. The molecule has 2 aromatic carbocycles. The number of ether oxygens (including phenoxy) is 1. The van der Waals surface area contributed by atoms with Crippen LogP contribution in [0, 0.1) is 0 Å². The molecule has 0 radical (unpaired) electrons. The van der Waals surface area contributed by atoms with E-state index in [1.54, 1.807) is 11.8 Å². The maximum Gasteiger partial charge on any atom is 0.268 e. The van der Waals surface area contributed by atoms with Crippen LogP contribution in [-0.4, -0.2) is 45.5 Å². The number of nitrogens with zero attached hydrogens (tertiary/aromatic N) is 4. The van der Waals surface area contributed by atoms with Crippen molar-refractivity contribution in [3.05, 3.63) is 54.4 Å². The highest BCUT2D eigenvalue weighted by Gasteiger charge is 2.36. The predicted molar refractivity (Wildman–Crippen MR) is 118 cm³/mol. The van der Waals surface area contributed by atoms with Gasteiger partial charge in [0.2, 0.25) is 5.91 Å². The zero-order valence-corrected chi connectivity index (χ0v) is 17.8. The van der Waals surface area contributed by atoms with Crippen molar-refractivity contribution in [2.75, 3.05) is 18.0 Å². The van der Waals surface area contributed by atoms with E-state index in [1.807, 2.05) is 60.5 Å². The maximum absolute atomic E-state index is 13.5. The molecule has 1 fully saturated rings. The number of likely N-dealkylation sites (tertiary alicyclic amines) is 1. The van der Waals surface area contributed by atoms with Crippen LogP contribution in [0.15, 0.2) is 48.5 Å². The van der Waals surface area contributed by atoms with Crippen LogP contribution in [0.5, 0.6) is 5.75 Å². The van der Waals surface area contributed by atoms with Crippen molar-refractivity contribution in [3.8, 4) is 5.75 Å². The Hall–Kier alpha value is -3.35. The van der Waals surface area contributed by atoms with Crippen molar-refractivity contribution < 1.29 is 14.3 Å². The van der Waals surface area contributed by atoms with Gasteiger partial charge in [0.25, 0.3) is 5.91 Å². The molecular formula is C24H26N4O3. The summed E-state index contributed by atoms with van der Waals surface area (Å²) in [4.78, 5) is 34.6. The summed E-state index contributed by atoms with van der Waals surface area (Å²) in [6.45, 7) is 2.39. The molecule has 3 heterocycles. The number of fused-ring (bicyclic) bond motifs is 2. The molecule has 7 nitrogen and oxygen atoms in total. The number of aryl methyl sites for hydroxylation is 1. The Morgan fingerprint density at radius 2 is 1.90 bits per heavy atom. The third-order valence-electron chi connectivity index (χ3n) is 6.31. The third kappa shape index (κ3) is 3.34. The van der Waals surface area contributed by atoms with Crippen LogP contribution >= 0.6 is 0 Å². The zero-order valence-electron chi connectivity index (χ0n) is 17.8. The molecule has 0 spiro atoms. The molecule has 0 saturated carbocycles. The first kappa shape index (κ1) is 19.6. The molecule has 31 heavy (non-hydrogen) atoms. The SMILES string of the molecule is C[C@@H]1Oc2ccccc2N(CC(=O)N2CCCC[C@@H]2c2nc3ccccc3n2C)C1=O. The Labute approximate surface area is 181 Å². The van der Waals surface area contributed by atoms with E-state index in [-0.39, 0.29) is 24.4 Å². The Bertz CT molecular complexity index is 1150. The van der Waals surface area contributed by atoms with Gasteiger partial charge in [-0.15, -0.1) is 0 Å². The normalized spacial score (nSPS) is 21.2. The lowest BCUT2D eigenvalue weighted by molar-refractivity contribution is -0.136. The lowest BCUT2D eigenvalue weighted by atomic mass is 10.0. The van der Waals surface area contributed by atoms with Gasteiger partial charge in [0, 0.05) is 13.6 Å². The van der Waals surface area contributed by atoms with Crippen molar-refractivity contribution in [1.82, 2.24) is 14.5 Å². The monoisotopic (exact) mass is 418 g/mol. The summed E-state index contributed by atoms with van der Waals surface area (Å²) in [5, 5.41) is 0. The highest BCUT2D eigenvalue weighted by molar-refractivity contribution is 6.03. The first-order chi connectivity index (χ1) is 15.0. The van der Waals surface area contributed by atoms with Crippen molar-refractivity contribution in [3.63, 3.8) is 0 Å². The molecule has 7 heteroatoms. The molecule has 160 valence electrons. The summed E-state index contributed by atoms with van der Waals surface area (Å²) < 4.78 is 7.80. The van der Waals surface area contributed by atoms with Crippen LogP contribution in [0.3, 0.4) is 0 Å². The summed E-state index contributed by atoms with van der Waals surface area (Å²) >= 11 is 0. The Kier molecular flexibility index (Phi) is 4.88. The van der Waals surface area contributed by atoms with Crippen molar-refractivity contribution >= 4 is 28.5 Å². The van der Waals surface area contributed by atoms with Crippen molar-refractivity contribution in [2.24, 2.45) is 7.05 Å². The Balaban J connectivity index is 1.45. The average molecular weight is 418 g/mol. The first-order valence-corrected chi connectivity index (χ1v) is 10.8. The number of benzene rings is 2. The number of imidazole rings is 1. The molecule has 2 atom stereocenters. The van der Waals surface area contributed by atoms with Gasteiger partial charge >= 0.3 is 0 Å². The summed E-state index contributed by atoms with van der Waals surface area (Å²) in [7, 11) is 2.01. The molecule has 5 rings (SSSR count). The fourth-order valence-electron chi connectivity index (χ4n) is 4.71. The smallest absolute Gasteiger partial charge is 0.268 e. The van der Waals surface area contributed by atoms with Crippen LogP contribution < -0.4 is 9.64 Å². The van der Waals surface area contributed by atoms with E-state index in [1.165, 1.54) is 0 Å². The van der Waals surface area contributed by atoms with Gasteiger partial charge in [-0.25, -0.2) is 4.98 Å². The largest absolute Gasteiger partial charge is 0.479 e. The van der Waals surface area contributed by atoms with E-state index >= 15 is 0 Å². The number of anilines is 1. The predicted octanol–water partition coefficient (Wildman–Crippen LogP) is 3.44. The lowest BCUT2D eigenvalue weighted by Gasteiger charge is -2.38. The van der Waals surface area contributed by atoms with Gasteiger partial charge in [-0.1, -0.05) is 24.3 Å². The molecule has 0 aliphatic carbocycles. The second-order valence-corrected chi connectivity index (χ2v) is 8.27. The minimum atomic E-state index is -0.611. The molecule has 1 aromatic heterocycles. The molecule has 0 bridgehead atoms. The van der Waals surface area contributed by atoms with E-state index in [4.69, 9.17) is 9.72 Å². The van der Waals surface area contributed by atoms with Gasteiger partial charge in [-0.3, -0.25) is 14.5 Å². The molecule has 2 amide bonds. The van der Waals surface area contributed by atoms with E-state index in [9.17, 15) is 9.59 Å². The number of carbonyl (C=O) groups excluding carboxylic acids is 2. The third-order valence-corrected chi connectivity index (χ3v) is 6.31. The summed E-state index contributed by atoms with van der Waals surface area (Å²) in [5.74, 6) is 1.28. The van der Waals surface area contributed by atoms with Gasteiger partial charge in [0.15, 0.2) is 6.10 Å². The number of aromatic nitrogens is 2. The van der Waals surface area contributed by atoms with Gasteiger partial charge in [-0.2, -0.15) is 0 Å². The zero-order chi connectivity index (χ0) is 21.5. The fraction of sp³-hybridized carbons (Fsp3) is 0.375. The molecule has 2 aliphatic rings. The van der Waals surface area contributed by atoms with Crippen molar-refractivity contribution in [1.29, 1.82) is 0 Å². The topological polar surface area (TPSA) is 67.7 Å². The van der Waals surface area contributed by atoms with Gasteiger partial charge in [0.1, 0.15) is 18.1 Å².